The number of hydrogen-bond acceptors (Lipinski definition) is 4. The van der Waals surface area contributed by atoms with Crippen molar-refractivity contribution in [3.05, 3.63) is 42.3 Å². The van der Waals surface area contributed by atoms with Crippen molar-refractivity contribution < 1.29 is 4.42 Å². The van der Waals surface area contributed by atoms with Crippen molar-refractivity contribution in [1.82, 2.24) is 15.2 Å². The second-order valence-electron chi connectivity index (χ2n) is 5.79. The molecule has 21 heavy (non-hydrogen) atoms. The molecule has 1 aliphatic rings. The fourth-order valence-electron chi connectivity index (χ4n) is 2.96. The molecular weight excluding hydrogens is 262 g/mol. The zero-order valence-electron chi connectivity index (χ0n) is 12.6. The number of oxazole rings is 1. The summed E-state index contributed by atoms with van der Waals surface area (Å²) in [5, 5.41) is 3.28. The minimum atomic E-state index is 0.718. The van der Waals surface area contributed by atoms with Crippen molar-refractivity contribution in [2.24, 2.45) is 5.92 Å². The van der Waals surface area contributed by atoms with Gasteiger partial charge in [-0.2, -0.15) is 0 Å². The summed E-state index contributed by atoms with van der Waals surface area (Å²) in [6, 6.07) is 10.1. The second kappa shape index (κ2) is 6.87. The molecule has 0 atom stereocenters. The zero-order valence-corrected chi connectivity index (χ0v) is 12.6. The maximum atomic E-state index is 5.60. The molecule has 0 amide bonds. The molecular formula is C17H23N3O. The topological polar surface area (TPSA) is 41.3 Å². The molecule has 0 bridgehead atoms. The molecule has 4 heteroatoms. The minimum absolute atomic E-state index is 0.718. The van der Waals surface area contributed by atoms with Crippen molar-refractivity contribution >= 4 is 0 Å². The lowest BCUT2D eigenvalue weighted by molar-refractivity contribution is 0.175. The van der Waals surface area contributed by atoms with Gasteiger partial charge in [0, 0.05) is 12.1 Å². The average molecular weight is 285 g/mol. The predicted molar refractivity (Wildman–Crippen MR) is 83.9 cm³/mol. The molecule has 0 spiro atoms. The van der Waals surface area contributed by atoms with Crippen LogP contribution in [-0.4, -0.2) is 36.6 Å². The maximum Gasteiger partial charge on any atom is 0.226 e. The zero-order chi connectivity index (χ0) is 14.5. The van der Waals surface area contributed by atoms with Crippen LogP contribution in [0.1, 0.15) is 18.5 Å². The van der Waals surface area contributed by atoms with Gasteiger partial charge in [0.05, 0.1) is 5.69 Å². The first-order valence-electron chi connectivity index (χ1n) is 7.72. The van der Waals surface area contributed by atoms with Gasteiger partial charge in [0.15, 0.2) is 0 Å². The van der Waals surface area contributed by atoms with E-state index < -0.39 is 0 Å². The van der Waals surface area contributed by atoms with Crippen LogP contribution in [0.3, 0.4) is 0 Å². The van der Waals surface area contributed by atoms with Crippen LogP contribution in [0, 0.1) is 5.92 Å². The largest absolute Gasteiger partial charge is 0.444 e. The monoisotopic (exact) mass is 285 g/mol. The van der Waals surface area contributed by atoms with Gasteiger partial charge in [-0.3, -0.25) is 4.90 Å². The van der Waals surface area contributed by atoms with Gasteiger partial charge >= 0.3 is 0 Å². The minimum Gasteiger partial charge on any atom is -0.444 e. The van der Waals surface area contributed by atoms with E-state index in [9.17, 15) is 0 Å². The molecule has 1 aliphatic heterocycles. The van der Waals surface area contributed by atoms with Crippen molar-refractivity contribution in [2.75, 3.05) is 26.7 Å². The van der Waals surface area contributed by atoms with E-state index in [2.05, 4.69) is 15.2 Å². The summed E-state index contributed by atoms with van der Waals surface area (Å²) in [6.07, 6.45) is 4.33. The Bertz CT molecular complexity index is 544. The number of benzene rings is 1. The lowest BCUT2D eigenvalue weighted by Crippen LogP contribution is -2.36. The summed E-state index contributed by atoms with van der Waals surface area (Å²) < 4.78 is 5.60. The fraction of sp³-hybridized carbons (Fsp3) is 0.471. The van der Waals surface area contributed by atoms with Crippen molar-refractivity contribution in [1.29, 1.82) is 0 Å². The highest BCUT2D eigenvalue weighted by Gasteiger charge is 2.19. The molecule has 2 heterocycles. The number of piperidine rings is 1. The molecule has 1 aromatic carbocycles. The first-order valence-corrected chi connectivity index (χ1v) is 7.72. The number of rotatable bonds is 5. The maximum absolute atomic E-state index is 5.60. The lowest BCUT2D eigenvalue weighted by Gasteiger charge is -2.31. The summed E-state index contributed by atoms with van der Waals surface area (Å²) in [7, 11) is 2.03. The number of likely N-dealkylation sites (tertiary alicyclic amines) is 1. The van der Waals surface area contributed by atoms with Crippen molar-refractivity contribution in [3.8, 4) is 11.5 Å². The van der Waals surface area contributed by atoms with Gasteiger partial charge in [-0.25, -0.2) is 4.98 Å². The SMILES string of the molecule is CNCC1CCN(Cc2coc(-c3ccccc3)n2)CC1. The van der Waals surface area contributed by atoms with Crippen LogP contribution >= 0.6 is 0 Å². The first kappa shape index (κ1) is 14.3. The predicted octanol–water partition coefficient (Wildman–Crippen LogP) is 2.77. The van der Waals surface area contributed by atoms with Crippen LogP contribution < -0.4 is 5.32 Å². The van der Waals surface area contributed by atoms with Gasteiger partial charge in [-0.05, 0) is 57.6 Å². The molecule has 1 fully saturated rings. The van der Waals surface area contributed by atoms with E-state index in [1.54, 1.807) is 6.26 Å². The highest BCUT2D eigenvalue weighted by atomic mass is 16.3. The third-order valence-corrected chi connectivity index (χ3v) is 4.16. The number of aromatic nitrogens is 1. The van der Waals surface area contributed by atoms with Gasteiger partial charge in [0.25, 0.3) is 0 Å². The Morgan fingerprint density at radius 2 is 2.00 bits per heavy atom. The summed E-state index contributed by atoms with van der Waals surface area (Å²) in [5.41, 5.74) is 2.07. The first-order chi connectivity index (χ1) is 10.3. The lowest BCUT2D eigenvalue weighted by atomic mass is 9.97. The van der Waals surface area contributed by atoms with Crippen LogP contribution in [-0.2, 0) is 6.54 Å². The van der Waals surface area contributed by atoms with Crippen LogP contribution in [0.15, 0.2) is 41.0 Å². The Labute approximate surface area is 126 Å². The average Bonchev–Trinajstić information content (AvgIpc) is 2.99. The van der Waals surface area contributed by atoms with E-state index in [1.165, 1.54) is 12.8 Å². The quantitative estimate of drug-likeness (QED) is 0.917. The van der Waals surface area contributed by atoms with E-state index >= 15 is 0 Å². The third-order valence-electron chi connectivity index (χ3n) is 4.16. The third kappa shape index (κ3) is 3.71. The molecule has 1 aromatic heterocycles. The molecule has 2 aromatic rings. The standard InChI is InChI=1S/C17H23N3O/c1-18-11-14-7-9-20(10-8-14)12-16-13-21-17(19-16)15-5-3-2-4-6-15/h2-6,13-14,18H,7-12H2,1H3. The van der Waals surface area contributed by atoms with E-state index in [4.69, 9.17) is 4.42 Å². The molecule has 0 saturated carbocycles. The Balaban J connectivity index is 1.56. The fourth-order valence-corrected chi connectivity index (χ4v) is 2.96. The van der Waals surface area contributed by atoms with Crippen molar-refractivity contribution in [2.45, 2.75) is 19.4 Å². The van der Waals surface area contributed by atoms with E-state index in [0.29, 0.717) is 0 Å². The van der Waals surface area contributed by atoms with Crippen LogP contribution in [0.2, 0.25) is 0 Å². The molecule has 0 aliphatic carbocycles. The van der Waals surface area contributed by atoms with E-state index in [-0.39, 0.29) is 0 Å². The summed E-state index contributed by atoms with van der Waals surface area (Å²) in [4.78, 5) is 7.08. The van der Waals surface area contributed by atoms with Crippen LogP contribution in [0.4, 0.5) is 0 Å². The molecule has 112 valence electrons. The number of nitrogens with one attached hydrogen (secondary N) is 1. The molecule has 4 nitrogen and oxygen atoms in total. The molecule has 1 saturated heterocycles. The van der Waals surface area contributed by atoms with E-state index in [0.717, 1.165) is 49.2 Å². The second-order valence-corrected chi connectivity index (χ2v) is 5.79. The molecule has 3 rings (SSSR count). The smallest absolute Gasteiger partial charge is 0.226 e. The van der Waals surface area contributed by atoms with Gasteiger partial charge in [-0.1, -0.05) is 18.2 Å². The van der Waals surface area contributed by atoms with Gasteiger partial charge in [0.1, 0.15) is 6.26 Å². The Hall–Kier alpha value is -1.65. The van der Waals surface area contributed by atoms with Crippen molar-refractivity contribution in [3.63, 3.8) is 0 Å². The van der Waals surface area contributed by atoms with Crippen LogP contribution in [0.5, 0.6) is 0 Å². The highest BCUT2D eigenvalue weighted by Crippen LogP contribution is 2.21. The normalized spacial score (nSPS) is 17.2. The number of nitrogens with zero attached hydrogens (tertiary/aromatic N) is 2. The van der Waals surface area contributed by atoms with Crippen LogP contribution in [0.25, 0.3) is 11.5 Å². The van der Waals surface area contributed by atoms with Gasteiger partial charge < -0.3 is 9.73 Å². The van der Waals surface area contributed by atoms with E-state index in [1.807, 2.05) is 37.4 Å². The molecule has 1 N–H and O–H groups in total. The Morgan fingerprint density at radius 1 is 1.24 bits per heavy atom. The summed E-state index contributed by atoms with van der Waals surface area (Å²) in [5.74, 6) is 1.54. The highest BCUT2D eigenvalue weighted by molar-refractivity contribution is 5.52. The number of hydrogen-bond donors (Lipinski definition) is 1. The molecule has 0 radical (unpaired) electrons. The summed E-state index contributed by atoms with van der Waals surface area (Å²) >= 11 is 0. The van der Waals surface area contributed by atoms with Gasteiger partial charge in [0.2, 0.25) is 5.89 Å². The Kier molecular flexibility index (Phi) is 4.68. The molecule has 0 unspecified atom stereocenters. The summed E-state index contributed by atoms with van der Waals surface area (Å²) in [6.45, 7) is 4.33. The Morgan fingerprint density at radius 3 is 2.71 bits per heavy atom. The van der Waals surface area contributed by atoms with Gasteiger partial charge in [-0.15, -0.1) is 0 Å².